The predicted molar refractivity (Wildman–Crippen MR) is 109 cm³/mol. The van der Waals surface area contributed by atoms with E-state index in [1.165, 1.54) is 24.4 Å². The summed E-state index contributed by atoms with van der Waals surface area (Å²) in [5, 5.41) is 1.95. The van der Waals surface area contributed by atoms with Crippen LogP contribution < -0.4 is 0 Å². The molecule has 0 saturated carbocycles. The highest BCUT2D eigenvalue weighted by molar-refractivity contribution is 7.05. The van der Waals surface area contributed by atoms with Crippen LogP contribution in [0.15, 0.2) is 18.2 Å². The molecule has 1 aromatic carbocycles. The van der Waals surface area contributed by atoms with Crippen molar-refractivity contribution in [1.29, 1.82) is 0 Å². The lowest BCUT2D eigenvalue weighted by atomic mass is 10.1. The van der Waals surface area contributed by atoms with Crippen molar-refractivity contribution in [1.82, 2.24) is 18.8 Å². The number of nitrogens with zero attached hydrogens (tertiary/aromatic N) is 4. The summed E-state index contributed by atoms with van der Waals surface area (Å²) < 4.78 is 27.3. The number of halogens is 1. The number of ether oxygens (including phenoxy) is 1. The van der Waals surface area contributed by atoms with Gasteiger partial charge in [-0.05, 0) is 63.3 Å². The summed E-state index contributed by atoms with van der Waals surface area (Å²) >= 11 is 1.47. The minimum atomic E-state index is -0.175. The molecule has 148 valence electrons. The van der Waals surface area contributed by atoms with Crippen molar-refractivity contribution < 1.29 is 9.13 Å². The normalized spacial score (nSPS) is 19.1. The lowest BCUT2D eigenvalue weighted by Crippen LogP contribution is -2.20. The molecule has 28 heavy (non-hydrogen) atoms. The number of aromatic nitrogens is 3. The standard InChI is InChI=1S/C21H25FN4OS/c1-14-19(21-23-18(28-24-21)13-25-9-2-3-10-25)16-5-4-6-17(22)20(16)26(14)15-7-11-27-12-8-15/h4-6,15H,2-3,7-13H2,1H3. The lowest BCUT2D eigenvalue weighted by Gasteiger charge is -2.26. The van der Waals surface area contributed by atoms with Crippen LogP contribution in [0.1, 0.15) is 42.4 Å². The zero-order chi connectivity index (χ0) is 19.1. The fourth-order valence-corrected chi connectivity index (χ4v) is 5.37. The van der Waals surface area contributed by atoms with E-state index in [4.69, 9.17) is 9.72 Å². The number of para-hydroxylation sites is 1. The van der Waals surface area contributed by atoms with Gasteiger partial charge in [0.2, 0.25) is 0 Å². The van der Waals surface area contributed by atoms with E-state index in [1.807, 2.05) is 6.07 Å². The van der Waals surface area contributed by atoms with Crippen molar-refractivity contribution >= 4 is 22.4 Å². The number of rotatable bonds is 4. The molecule has 3 aromatic rings. The van der Waals surface area contributed by atoms with Crippen molar-refractivity contribution in [3.05, 3.63) is 34.7 Å². The Kier molecular flexibility index (Phi) is 4.90. The van der Waals surface area contributed by atoms with Gasteiger partial charge in [0.05, 0.1) is 12.1 Å². The maximum absolute atomic E-state index is 14.9. The molecule has 0 amide bonds. The Hall–Kier alpha value is -1.83. The van der Waals surface area contributed by atoms with E-state index < -0.39 is 0 Å². The molecular weight excluding hydrogens is 375 g/mol. The van der Waals surface area contributed by atoms with Gasteiger partial charge in [0.1, 0.15) is 10.8 Å². The van der Waals surface area contributed by atoms with Gasteiger partial charge in [-0.25, -0.2) is 9.37 Å². The second-order valence-corrected chi connectivity index (χ2v) is 8.64. The molecule has 0 N–H and O–H groups in total. The van der Waals surface area contributed by atoms with Crippen LogP contribution in [0.3, 0.4) is 0 Å². The number of likely N-dealkylation sites (tertiary alicyclic amines) is 1. The van der Waals surface area contributed by atoms with Gasteiger partial charge in [0, 0.05) is 35.9 Å². The third-order valence-corrected chi connectivity index (χ3v) is 6.72. The fourth-order valence-electron chi connectivity index (χ4n) is 4.68. The van der Waals surface area contributed by atoms with Gasteiger partial charge in [0.25, 0.3) is 0 Å². The van der Waals surface area contributed by atoms with Crippen molar-refractivity contribution in [2.75, 3.05) is 26.3 Å². The quantitative estimate of drug-likeness (QED) is 0.644. The summed E-state index contributed by atoms with van der Waals surface area (Å²) in [5.41, 5.74) is 2.71. The van der Waals surface area contributed by atoms with E-state index >= 15 is 0 Å². The zero-order valence-electron chi connectivity index (χ0n) is 16.2. The van der Waals surface area contributed by atoms with E-state index in [-0.39, 0.29) is 11.9 Å². The van der Waals surface area contributed by atoms with Crippen LogP contribution in [0, 0.1) is 12.7 Å². The van der Waals surface area contributed by atoms with E-state index in [2.05, 4.69) is 20.8 Å². The summed E-state index contributed by atoms with van der Waals surface area (Å²) in [5.74, 6) is 0.559. The first kappa shape index (κ1) is 18.2. The van der Waals surface area contributed by atoms with Gasteiger partial charge in [-0.3, -0.25) is 4.90 Å². The van der Waals surface area contributed by atoms with E-state index in [1.54, 1.807) is 12.1 Å². The van der Waals surface area contributed by atoms with Crippen LogP contribution in [-0.4, -0.2) is 45.1 Å². The first-order valence-corrected chi connectivity index (χ1v) is 10.9. The molecule has 0 bridgehead atoms. The summed E-state index contributed by atoms with van der Waals surface area (Å²) in [6.45, 7) is 6.67. The van der Waals surface area contributed by atoms with Crippen molar-refractivity contribution in [2.24, 2.45) is 0 Å². The highest BCUT2D eigenvalue weighted by Gasteiger charge is 2.27. The second kappa shape index (κ2) is 7.54. The Labute approximate surface area is 168 Å². The maximum atomic E-state index is 14.9. The zero-order valence-corrected chi connectivity index (χ0v) is 17.0. The molecule has 0 aliphatic carbocycles. The van der Waals surface area contributed by atoms with E-state index in [0.717, 1.165) is 73.2 Å². The van der Waals surface area contributed by atoms with Crippen LogP contribution in [0.25, 0.3) is 22.3 Å². The van der Waals surface area contributed by atoms with Crippen LogP contribution in [0.5, 0.6) is 0 Å². The third-order valence-electron chi connectivity index (χ3n) is 6.03. The average molecular weight is 401 g/mol. The highest BCUT2D eigenvalue weighted by atomic mass is 32.1. The maximum Gasteiger partial charge on any atom is 0.175 e. The average Bonchev–Trinajstić information content (AvgIpc) is 3.43. The number of benzene rings is 1. The van der Waals surface area contributed by atoms with Gasteiger partial charge in [-0.2, -0.15) is 4.37 Å². The van der Waals surface area contributed by atoms with E-state index in [0.29, 0.717) is 5.52 Å². The molecule has 5 rings (SSSR count). The summed E-state index contributed by atoms with van der Waals surface area (Å²) in [6.07, 6.45) is 4.34. The third kappa shape index (κ3) is 3.15. The van der Waals surface area contributed by atoms with Crippen LogP contribution in [-0.2, 0) is 11.3 Å². The predicted octanol–water partition coefficient (Wildman–Crippen LogP) is 4.55. The Morgan fingerprint density at radius 1 is 1.21 bits per heavy atom. The Balaban J connectivity index is 1.58. The minimum absolute atomic E-state index is 0.175. The van der Waals surface area contributed by atoms with Gasteiger partial charge < -0.3 is 9.30 Å². The highest BCUT2D eigenvalue weighted by Crippen LogP contribution is 2.39. The summed E-state index contributed by atoms with van der Waals surface area (Å²) in [7, 11) is 0. The van der Waals surface area contributed by atoms with Gasteiger partial charge in [-0.1, -0.05) is 12.1 Å². The van der Waals surface area contributed by atoms with Crippen molar-refractivity contribution in [2.45, 2.75) is 45.2 Å². The SMILES string of the molecule is Cc1c(-c2nsc(CN3CCCC3)n2)c2cccc(F)c2n1C1CCOCC1. The molecule has 7 heteroatoms. The molecule has 2 saturated heterocycles. The minimum Gasteiger partial charge on any atom is -0.381 e. The molecule has 5 nitrogen and oxygen atoms in total. The first-order valence-electron chi connectivity index (χ1n) is 10.1. The van der Waals surface area contributed by atoms with Gasteiger partial charge in [-0.15, -0.1) is 0 Å². The molecule has 0 unspecified atom stereocenters. The Bertz CT molecular complexity index is 986. The topological polar surface area (TPSA) is 43.2 Å². The molecule has 0 spiro atoms. The molecule has 2 aliphatic heterocycles. The summed E-state index contributed by atoms with van der Waals surface area (Å²) in [6, 6.07) is 5.59. The van der Waals surface area contributed by atoms with Gasteiger partial charge >= 0.3 is 0 Å². The first-order chi connectivity index (χ1) is 13.7. The number of hydrogen-bond donors (Lipinski definition) is 0. The molecule has 2 fully saturated rings. The molecule has 2 aromatic heterocycles. The van der Waals surface area contributed by atoms with E-state index in [9.17, 15) is 4.39 Å². The smallest absolute Gasteiger partial charge is 0.175 e. The fraction of sp³-hybridized carbons (Fsp3) is 0.524. The number of fused-ring (bicyclic) bond motifs is 1. The van der Waals surface area contributed by atoms with Crippen LogP contribution >= 0.6 is 11.5 Å². The molecule has 2 aliphatic rings. The molecule has 0 radical (unpaired) electrons. The van der Waals surface area contributed by atoms with Crippen molar-refractivity contribution in [3.63, 3.8) is 0 Å². The van der Waals surface area contributed by atoms with Crippen LogP contribution in [0.2, 0.25) is 0 Å². The second-order valence-electron chi connectivity index (χ2n) is 7.80. The Morgan fingerprint density at radius 2 is 2.00 bits per heavy atom. The van der Waals surface area contributed by atoms with Crippen molar-refractivity contribution in [3.8, 4) is 11.4 Å². The van der Waals surface area contributed by atoms with Crippen LogP contribution in [0.4, 0.5) is 4.39 Å². The molecule has 0 atom stereocenters. The van der Waals surface area contributed by atoms with Gasteiger partial charge in [0.15, 0.2) is 5.82 Å². The number of hydrogen-bond acceptors (Lipinski definition) is 5. The largest absolute Gasteiger partial charge is 0.381 e. The summed E-state index contributed by atoms with van der Waals surface area (Å²) in [4.78, 5) is 7.28. The molecular formula is C21H25FN4OS. The lowest BCUT2D eigenvalue weighted by molar-refractivity contribution is 0.0702. The Morgan fingerprint density at radius 3 is 2.79 bits per heavy atom. The molecule has 4 heterocycles. The monoisotopic (exact) mass is 400 g/mol.